The second-order valence-electron chi connectivity index (χ2n) is 5.99. The van der Waals surface area contributed by atoms with Crippen LogP contribution in [0.15, 0.2) is 66.0 Å². The van der Waals surface area contributed by atoms with Crippen molar-refractivity contribution in [3.05, 3.63) is 82.6 Å². The van der Waals surface area contributed by atoms with Crippen LogP contribution in [0.3, 0.4) is 0 Å². The highest BCUT2D eigenvalue weighted by atomic mass is 35.5. The number of benzene rings is 2. The molecule has 5 nitrogen and oxygen atoms in total. The minimum atomic E-state index is -1.20. The van der Waals surface area contributed by atoms with Crippen molar-refractivity contribution >= 4 is 41.8 Å². The van der Waals surface area contributed by atoms with E-state index in [0.717, 1.165) is 21.6 Å². The quantitative estimate of drug-likeness (QED) is 0.504. The monoisotopic (exact) mass is 380 g/mol. The molecule has 0 atom stereocenters. The van der Waals surface area contributed by atoms with Gasteiger partial charge in [-0.25, -0.2) is 4.92 Å². The molecule has 2 aromatic rings. The molecule has 0 unspecified atom stereocenters. The summed E-state index contributed by atoms with van der Waals surface area (Å²) in [6.45, 7) is 5.66. The van der Waals surface area contributed by atoms with Crippen molar-refractivity contribution in [1.29, 1.82) is 0 Å². The zero-order valence-corrected chi connectivity index (χ0v) is 15.8. The SMILES string of the molecule is C=C/C(OC)=C(\C)c1ccc2c(c1)C=NN(C(=O)c1ccccc1Cl)B2O. The molecule has 1 amide bonds. The van der Waals surface area contributed by atoms with Gasteiger partial charge < -0.3 is 9.76 Å². The Labute approximate surface area is 163 Å². The highest BCUT2D eigenvalue weighted by Gasteiger charge is 2.34. The molecular formula is C20H18BClN2O3. The van der Waals surface area contributed by atoms with E-state index in [0.29, 0.717) is 16.2 Å². The lowest BCUT2D eigenvalue weighted by Gasteiger charge is -2.25. The number of hydrogen-bond donors (Lipinski definition) is 1. The molecule has 0 spiro atoms. The van der Waals surface area contributed by atoms with Gasteiger partial charge in [0, 0.05) is 0 Å². The summed E-state index contributed by atoms with van der Waals surface area (Å²) in [4.78, 5) is 13.7. The summed E-state index contributed by atoms with van der Waals surface area (Å²) in [7, 11) is 0.385. The normalized spacial score (nSPS) is 13.8. The Morgan fingerprint density at radius 3 is 2.74 bits per heavy atom. The molecule has 136 valence electrons. The van der Waals surface area contributed by atoms with Crippen LogP contribution in [0.5, 0.6) is 0 Å². The summed E-state index contributed by atoms with van der Waals surface area (Å²) in [5.41, 5.74) is 3.41. The first-order valence-corrected chi connectivity index (χ1v) is 8.67. The number of hydrazone groups is 1. The Hall–Kier alpha value is -2.83. The number of carbonyl (C=O) groups excluding carboxylic acids is 1. The summed E-state index contributed by atoms with van der Waals surface area (Å²) in [6.07, 6.45) is 3.19. The van der Waals surface area contributed by atoms with Gasteiger partial charge in [0.05, 0.1) is 23.9 Å². The number of methoxy groups -OCH3 is 1. The molecule has 1 heterocycles. The van der Waals surface area contributed by atoms with Gasteiger partial charge in [-0.1, -0.05) is 42.4 Å². The molecule has 1 aliphatic heterocycles. The van der Waals surface area contributed by atoms with Gasteiger partial charge in [-0.05, 0) is 53.4 Å². The summed E-state index contributed by atoms with van der Waals surface area (Å²) in [6, 6.07) is 12.2. The van der Waals surface area contributed by atoms with Gasteiger partial charge in [-0.3, -0.25) is 4.79 Å². The highest BCUT2D eigenvalue weighted by Crippen LogP contribution is 2.22. The maximum absolute atomic E-state index is 12.7. The first-order valence-electron chi connectivity index (χ1n) is 8.29. The summed E-state index contributed by atoms with van der Waals surface area (Å²) >= 11 is 6.09. The van der Waals surface area contributed by atoms with Crippen LogP contribution in [-0.2, 0) is 4.74 Å². The van der Waals surface area contributed by atoms with Crippen molar-refractivity contribution in [2.45, 2.75) is 6.92 Å². The number of allylic oxidation sites excluding steroid dienone is 2. The third kappa shape index (κ3) is 3.54. The Bertz CT molecular complexity index is 971. The largest absolute Gasteiger partial charge is 0.496 e. The van der Waals surface area contributed by atoms with E-state index in [1.807, 2.05) is 19.1 Å². The summed E-state index contributed by atoms with van der Waals surface area (Å²) in [5, 5.41) is 15.1. The van der Waals surface area contributed by atoms with Gasteiger partial charge in [0.15, 0.2) is 0 Å². The lowest BCUT2D eigenvalue weighted by Crippen LogP contribution is -2.52. The Balaban J connectivity index is 1.95. The average Bonchev–Trinajstić information content (AvgIpc) is 2.68. The first-order chi connectivity index (χ1) is 13.0. The van der Waals surface area contributed by atoms with E-state index in [2.05, 4.69) is 11.7 Å². The molecule has 0 fully saturated rings. The number of carbonyl (C=O) groups is 1. The molecule has 0 saturated carbocycles. The molecule has 1 aliphatic rings. The van der Waals surface area contributed by atoms with E-state index >= 15 is 0 Å². The Morgan fingerprint density at radius 2 is 2.07 bits per heavy atom. The van der Waals surface area contributed by atoms with Gasteiger partial charge >= 0.3 is 7.05 Å². The smallest absolute Gasteiger partial charge is 0.474 e. The second kappa shape index (κ2) is 7.82. The molecule has 1 N–H and O–H groups in total. The van der Waals surface area contributed by atoms with Crippen LogP contribution in [0.2, 0.25) is 5.02 Å². The van der Waals surface area contributed by atoms with Crippen LogP contribution in [0.4, 0.5) is 0 Å². The van der Waals surface area contributed by atoms with Crippen LogP contribution in [-0.4, -0.2) is 36.2 Å². The summed E-state index contributed by atoms with van der Waals surface area (Å²) < 4.78 is 5.30. The fourth-order valence-electron chi connectivity index (χ4n) is 2.93. The number of ether oxygens (including phenoxy) is 1. The third-order valence-corrected chi connectivity index (χ3v) is 4.77. The molecule has 27 heavy (non-hydrogen) atoms. The number of rotatable bonds is 4. The number of hydrogen-bond acceptors (Lipinski definition) is 4. The Kier molecular flexibility index (Phi) is 5.49. The first kappa shape index (κ1) is 19.0. The molecule has 0 aliphatic carbocycles. The zero-order valence-electron chi connectivity index (χ0n) is 15.0. The second-order valence-corrected chi connectivity index (χ2v) is 6.40. The van der Waals surface area contributed by atoms with Crippen molar-refractivity contribution in [3.63, 3.8) is 0 Å². The summed E-state index contributed by atoms with van der Waals surface area (Å²) in [5.74, 6) is 0.197. The molecule has 7 heteroatoms. The van der Waals surface area contributed by atoms with Crippen molar-refractivity contribution in [2.24, 2.45) is 5.10 Å². The van der Waals surface area contributed by atoms with Gasteiger partial charge in [0.1, 0.15) is 5.76 Å². The predicted molar refractivity (Wildman–Crippen MR) is 109 cm³/mol. The molecule has 2 aromatic carbocycles. The van der Waals surface area contributed by atoms with Crippen LogP contribution < -0.4 is 5.46 Å². The lowest BCUT2D eigenvalue weighted by molar-refractivity contribution is 0.0846. The molecule has 0 radical (unpaired) electrons. The zero-order chi connectivity index (χ0) is 19.6. The third-order valence-electron chi connectivity index (χ3n) is 4.44. The van der Waals surface area contributed by atoms with Crippen LogP contribution in [0.1, 0.15) is 28.4 Å². The van der Waals surface area contributed by atoms with E-state index < -0.39 is 13.0 Å². The topological polar surface area (TPSA) is 62.1 Å². The van der Waals surface area contributed by atoms with Gasteiger partial charge in [-0.15, -0.1) is 0 Å². The van der Waals surface area contributed by atoms with Crippen molar-refractivity contribution in [1.82, 2.24) is 4.92 Å². The van der Waals surface area contributed by atoms with Gasteiger partial charge in [0.25, 0.3) is 5.91 Å². The molecule has 3 rings (SSSR count). The van der Waals surface area contributed by atoms with Gasteiger partial charge in [0.2, 0.25) is 0 Å². The number of nitrogens with zero attached hydrogens (tertiary/aromatic N) is 2. The number of amides is 1. The van der Waals surface area contributed by atoms with E-state index in [4.69, 9.17) is 16.3 Å². The fourth-order valence-corrected chi connectivity index (χ4v) is 3.14. The van der Waals surface area contributed by atoms with E-state index in [9.17, 15) is 9.82 Å². The maximum atomic E-state index is 12.7. The average molecular weight is 381 g/mol. The molecule has 0 saturated heterocycles. The van der Waals surface area contributed by atoms with E-state index in [-0.39, 0.29) is 5.56 Å². The standard InChI is InChI=1S/C20H18BClN2O3/c1-4-19(27-3)13(2)14-9-10-17-15(11-14)12-23-24(21(17)26)20(25)16-7-5-6-8-18(16)22/h4-12,26H,1H2,2-3H3/b19-13-. The van der Waals surface area contributed by atoms with Crippen molar-refractivity contribution in [2.75, 3.05) is 7.11 Å². The molecular weight excluding hydrogens is 362 g/mol. The van der Waals surface area contributed by atoms with Crippen LogP contribution in [0.25, 0.3) is 5.57 Å². The van der Waals surface area contributed by atoms with Crippen LogP contribution in [0, 0.1) is 0 Å². The van der Waals surface area contributed by atoms with Crippen molar-refractivity contribution in [3.8, 4) is 0 Å². The molecule has 0 aromatic heterocycles. The minimum Gasteiger partial charge on any atom is -0.496 e. The fraction of sp³-hybridized carbons (Fsp3) is 0.100. The van der Waals surface area contributed by atoms with E-state index in [1.165, 1.54) is 0 Å². The van der Waals surface area contributed by atoms with Crippen LogP contribution >= 0.6 is 11.6 Å². The predicted octanol–water partition coefficient (Wildman–Crippen LogP) is 3.08. The molecule has 0 bridgehead atoms. The number of halogens is 1. The van der Waals surface area contributed by atoms with Gasteiger partial charge in [-0.2, -0.15) is 5.10 Å². The maximum Gasteiger partial charge on any atom is 0.474 e. The van der Waals surface area contributed by atoms with E-state index in [1.54, 1.807) is 49.7 Å². The number of fused-ring (bicyclic) bond motifs is 1. The van der Waals surface area contributed by atoms with Crippen molar-refractivity contribution < 1.29 is 14.6 Å². The highest BCUT2D eigenvalue weighted by molar-refractivity contribution is 6.68. The minimum absolute atomic E-state index is 0.282. The Morgan fingerprint density at radius 1 is 1.33 bits per heavy atom. The lowest BCUT2D eigenvalue weighted by atomic mass is 9.69.